The van der Waals surface area contributed by atoms with E-state index < -0.39 is 12.1 Å². The van der Waals surface area contributed by atoms with Gasteiger partial charge in [0.2, 0.25) is 0 Å². The van der Waals surface area contributed by atoms with Crippen molar-refractivity contribution in [2.45, 2.75) is 32.9 Å². The fraction of sp³-hybridized carbons (Fsp3) is 0.375. The van der Waals surface area contributed by atoms with Crippen LogP contribution in [0.1, 0.15) is 54.5 Å². The summed E-state index contributed by atoms with van der Waals surface area (Å²) in [5.74, 6) is -0.537. The molecule has 1 unspecified atom stereocenters. The van der Waals surface area contributed by atoms with Crippen LogP contribution in [0.25, 0.3) is 0 Å². The first kappa shape index (κ1) is 16.5. The van der Waals surface area contributed by atoms with Gasteiger partial charge in [0, 0.05) is 22.8 Å². The second kappa shape index (κ2) is 6.94. The molecule has 1 atom stereocenters. The minimum absolute atomic E-state index is 0.0688. The van der Waals surface area contributed by atoms with Crippen LogP contribution in [0.5, 0.6) is 0 Å². The highest BCUT2D eigenvalue weighted by atomic mass is 35.5. The van der Waals surface area contributed by atoms with Gasteiger partial charge >= 0.3 is 5.97 Å². The fourth-order valence-corrected chi connectivity index (χ4v) is 2.18. The first-order chi connectivity index (χ1) is 10.4. The van der Waals surface area contributed by atoms with Gasteiger partial charge in [-0.2, -0.15) is 5.10 Å². The Hall–Kier alpha value is -1.85. The van der Waals surface area contributed by atoms with Gasteiger partial charge in [0.05, 0.1) is 6.61 Å². The molecule has 1 N–H and O–H groups in total. The number of hydrogen-bond donors (Lipinski definition) is 1. The molecule has 118 valence electrons. The lowest BCUT2D eigenvalue weighted by Crippen LogP contribution is -2.11. The summed E-state index contributed by atoms with van der Waals surface area (Å²) in [6.45, 7) is 5.87. The number of esters is 1. The molecule has 0 fully saturated rings. The monoisotopic (exact) mass is 322 g/mol. The lowest BCUT2D eigenvalue weighted by molar-refractivity contribution is 0.0513. The molecule has 5 nitrogen and oxygen atoms in total. The predicted octanol–water partition coefficient (Wildman–Crippen LogP) is 3.38. The third kappa shape index (κ3) is 3.48. The van der Waals surface area contributed by atoms with Crippen molar-refractivity contribution in [3.63, 3.8) is 0 Å². The SMILES string of the molecule is CCOC(=O)c1nn(C(C)C)cc1C(O)c1ccc(Cl)cc1. The number of nitrogens with zero attached hydrogens (tertiary/aromatic N) is 2. The number of carbonyl (C=O) groups excluding carboxylic acids is 1. The summed E-state index contributed by atoms with van der Waals surface area (Å²) in [4.78, 5) is 12.1. The highest BCUT2D eigenvalue weighted by Crippen LogP contribution is 2.27. The number of aromatic nitrogens is 2. The first-order valence-corrected chi connectivity index (χ1v) is 7.51. The van der Waals surface area contributed by atoms with E-state index in [4.69, 9.17) is 16.3 Å². The average Bonchev–Trinajstić information content (AvgIpc) is 2.93. The van der Waals surface area contributed by atoms with Crippen molar-refractivity contribution in [2.75, 3.05) is 6.61 Å². The van der Waals surface area contributed by atoms with Gasteiger partial charge in [-0.05, 0) is 38.5 Å². The molecule has 1 aromatic heterocycles. The van der Waals surface area contributed by atoms with E-state index in [9.17, 15) is 9.90 Å². The highest BCUT2D eigenvalue weighted by molar-refractivity contribution is 6.30. The van der Waals surface area contributed by atoms with Gasteiger partial charge in [0.25, 0.3) is 0 Å². The van der Waals surface area contributed by atoms with Crippen LogP contribution in [0.15, 0.2) is 30.5 Å². The largest absolute Gasteiger partial charge is 0.461 e. The number of hydrogen-bond acceptors (Lipinski definition) is 4. The summed E-state index contributed by atoms with van der Waals surface area (Å²) in [5, 5.41) is 15.4. The maximum atomic E-state index is 12.1. The van der Waals surface area contributed by atoms with E-state index in [0.717, 1.165) is 0 Å². The van der Waals surface area contributed by atoms with Gasteiger partial charge in [-0.15, -0.1) is 0 Å². The molecule has 0 saturated heterocycles. The number of carbonyl (C=O) groups is 1. The highest BCUT2D eigenvalue weighted by Gasteiger charge is 2.25. The Labute approximate surface area is 134 Å². The van der Waals surface area contributed by atoms with E-state index in [1.54, 1.807) is 42.1 Å². The zero-order valence-electron chi connectivity index (χ0n) is 12.8. The Bertz CT molecular complexity index is 650. The van der Waals surface area contributed by atoms with Gasteiger partial charge in [-0.3, -0.25) is 4.68 Å². The molecular weight excluding hydrogens is 304 g/mol. The Morgan fingerprint density at radius 3 is 2.55 bits per heavy atom. The van der Waals surface area contributed by atoms with Crippen LogP contribution in [-0.2, 0) is 4.74 Å². The summed E-state index contributed by atoms with van der Waals surface area (Å²) in [6, 6.07) is 6.89. The van der Waals surface area contributed by atoms with Crippen LogP contribution >= 0.6 is 11.6 Å². The van der Waals surface area contributed by atoms with Crippen LogP contribution in [-0.4, -0.2) is 27.5 Å². The van der Waals surface area contributed by atoms with Gasteiger partial charge in [-0.25, -0.2) is 4.79 Å². The number of halogens is 1. The minimum Gasteiger partial charge on any atom is -0.461 e. The van der Waals surface area contributed by atoms with E-state index in [1.807, 2.05) is 13.8 Å². The van der Waals surface area contributed by atoms with Crippen LogP contribution in [0.4, 0.5) is 0 Å². The molecule has 2 aromatic rings. The standard InChI is InChI=1S/C16H19ClN2O3/c1-4-22-16(21)14-13(9-19(18-14)10(2)3)15(20)11-5-7-12(17)8-6-11/h5-10,15,20H,4H2,1-3H3. The van der Waals surface area contributed by atoms with Crippen molar-refractivity contribution in [2.24, 2.45) is 0 Å². The normalized spacial score (nSPS) is 12.5. The van der Waals surface area contributed by atoms with Crippen molar-refractivity contribution >= 4 is 17.6 Å². The zero-order chi connectivity index (χ0) is 16.3. The van der Waals surface area contributed by atoms with E-state index >= 15 is 0 Å². The lowest BCUT2D eigenvalue weighted by Gasteiger charge is -2.11. The topological polar surface area (TPSA) is 64.3 Å². The van der Waals surface area contributed by atoms with Crippen molar-refractivity contribution in [3.05, 3.63) is 52.3 Å². The Morgan fingerprint density at radius 1 is 1.36 bits per heavy atom. The third-order valence-electron chi connectivity index (χ3n) is 3.24. The molecule has 1 heterocycles. The van der Waals surface area contributed by atoms with Crippen molar-refractivity contribution < 1.29 is 14.6 Å². The molecule has 22 heavy (non-hydrogen) atoms. The molecule has 0 spiro atoms. The molecule has 2 rings (SSSR count). The predicted molar refractivity (Wildman–Crippen MR) is 84.1 cm³/mol. The number of rotatable bonds is 5. The molecule has 6 heteroatoms. The molecule has 0 aliphatic heterocycles. The molecule has 0 radical (unpaired) electrons. The van der Waals surface area contributed by atoms with E-state index in [2.05, 4.69) is 5.10 Å². The van der Waals surface area contributed by atoms with Crippen molar-refractivity contribution in [1.29, 1.82) is 0 Å². The van der Waals surface area contributed by atoms with Gasteiger partial charge < -0.3 is 9.84 Å². The van der Waals surface area contributed by atoms with E-state index in [0.29, 0.717) is 16.1 Å². The Balaban J connectivity index is 2.43. The number of ether oxygens (including phenoxy) is 1. The lowest BCUT2D eigenvalue weighted by atomic mass is 10.0. The maximum Gasteiger partial charge on any atom is 0.359 e. The van der Waals surface area contributed by atoms with E-state index in [-0.39, 0.29) is 18.3 Å². The molecule has 0 aliphatic rings. The smallest absolute Gasteiger partial charge is 0.359 e. The Morgan fingerprint density at radius 2 is 2.00 bits per heavy atom. The number of aliphatic hydroxyl groups excluding tert-OH is 1. The van der Waals surface area contributed by atoms with Crippen LogP contribution in [0, 0.1) is 0 Å². The molecule has 0 bridgehead atoms. The van der Waals surface area contributed by atoms with Crippen LogP contribution in [0.2, 0.25) is 5.02 Å². The van der Waals surface area contributed by atoms with Gasteiger partial charge in [0.15, 0.2) is 5.69 Å². The molecular formula is C16H19ClN2O3. The first-order valence-electron chi connectivity index (χ1n) is 7.13. The zero-order valence-corrected chi connectivity index (χ0v) is 13.5. The summed E-state index contributed by atoms with van der Waals surface area (Å²) < 4.78 is 6.66. The van der Waals surface area contributed by atoms with Crippen molar-refractivity contribution in [3.8, 4) is 0 Å². The Kier molecular flexibility index (Phi) is 5.21. The summed E-state index contributed by atoms with van der Waals surface area (Å²) in [7, 11) is 0. The van der Waals surface area contributed by atoms with Crippen LogP contribution in [0.3, 0.4) is 0 Å². The maximum absolute atomic E-state index is 12.1. The second-order valence-electron chi connectivity index (χ2n) is 5.18. The quantitative estimate of drug-likeness (QED) is 0.857. The number of benzene rings is 1. The second-order valence-corrected chi connectivity index (χ2v) is 5.62. The summed E-state index contributed by atoms with van der Waals surface area (Å²) >= 11 is 5.86. The fourth-order valence-electron chi connectivity index (χ4n) is 2.05. The van der Waals surface area contributed by atoms with Crippen molar-refractivity contribution in [1.82, 2.24) is 9.78 Å². The summed E-state index contributed by atoms with van der Waals surface area (Å²) in [6.07, 6.45) is 0.708. The molecule has 0 aliphatic carbocycles. The van der Waals surface area contributed by atoms with Crippen LogP contribution < -0.4 is 0 Å². The number of aliphatic hydroxyl groups is 1. The molecule has 0 amide bonds. The molecule has 1 aromatic carbocycles. The minimum atomic E-state index is -0.968. The summed E-state index contributed by atoms with van der Waals surface area (Å²) in [5.41, 5.74) is 1.20. The molecule has 0 saturated carbocycles. The van der Waals surface area contributed by atoms with Gasteiger partial charge in [-0.1, -0.05) is 23.7 Å². The average molecular weight is 323 g/mol. The van der Waals surface area contributed by atoms with E-state index in [1.165, 1.54) is 0 Å². The third-order valence-corrected chi connectivity index (χ3v) is 3.49. The van der Waals surface area contributed by atoms with Gasteiger partial charge in [0.1, 0.15) is 6.10 Å².